The SMILES string of the molecule is CCOC(=O)[C@]1(COC(=O)Cc2ccc(NC(=O)c3cccc(OC)c3-c3ccc(C(F)(F)F)cc3)c(C(=O)N(C)C)c2)c2ccccc2C(=O)N1C. The van der Waals surface area contributed by atoms with Gasteiger partial charge in [-0.2, -0.15) is 13.2 Å². The number of methoxy groups -OCH3 is 1. The third-order valence-corrected chi connectivity index (χ3v) is 8.84. The van der Waals surface area contributed by atoms with Crippen LogP contribution in [0.5, 0.6) is 5.75 Å². The van der Waals surface area contributed by atoms with Gasteiger partial charge in [-0.05, 0) is 60.5 Å². The zero-order valence-corrected chi connectivity index (χ0v) is 29.5. The highest BCUT2D eigenvalue weighted by Gasteiger charge is 2.55. The molecule has 0 bridgehead atoms. The van der Waals surface area contributed by atoms with Crippen LogP contribution in [0, 0.1) is 0 Å². The van der Waals surface area contributed by atoms with E-state index in [-0.39, 0.29) is 46.7 Å². The Morgan fingerprint density at radius 1 is 0.887 bits per heavy atom. The molecule has 5 rings (SSSR count). The van der Waals surface area contributed by atoms with Gasteiger partial charge in [0.15, 0.2) is 0 Å². The Kier molecular flexibility index (Phi) is 10.9. The number of esters is 2. The van der Waals surface area contributed by atoms with E-state index in [9.17, 15) is 37.1 Å². The number of nitrogens with zero attached hydrogens (tertiary/aromatic N) is 2. The zero-order chi connectivity index (χ0) is 38.7. The van der Waals surface area contributed by atoms with Gasteiger partial charge < -0.3 is 29.3 Å². The summed E-state index contributed by atoms with van der Waals surface area (Å²) in [6.07, 6.45) is -4.89. The average molecular weight is 732 g/mol. The van der Waals surface area contributed by atoms with Crippen LogP contribution in [-0.2, 0) is 37.2 Å². The minimum Gasteiger partial charge on any atom is -0.496 e. The van der Waals surface area contributed by atoms with Crippen molar-refractivity contribution in [3.8, 4) is 16.9 Å². The van der Waals surface area contributed by atoms with Crippen LogP contribution >= 0.6 is 0 Å². The van der Waals surface area contributed by atoms with Gasteiger partial charge in [-0.15, -0.1) is 0 Å². The van der Waals surface area contributed by atoms with Crippen LogP contribution in [-0.4, -0.2) is 80.9 Å². The Morgan fingerprint density at radius 3 is 2.23 bits per heavy atom. The highest BCUT2D eigenvalue weighted by Crippen LogP contribution is 2.40. The molecule has 53 heavy (non-hydrogen) atoms. The lowest BCUT2D eigenvalue weighted by Gasteiger charge is -2.33. The lowest BCUT2D eigenvalue weighted by molar-refractivity contribution is -0.164. The molecule has 4 aromatic rings. The van der Waals surface area contributed by atoms with Gasteiger partial charge in [0.25, 0.3) is 17.7 Å². The molecule has 4 aromatic carbocycles. The van der Waals surface area contributed by atoms with E-state index < -0.39 is 53.5 Å². The summed E-state index contributed by atoms with van der Waals surface area (Å²) in [5.41, 5.74) is -0.888. The lowest BCUT2D eigenvalue weighted by Crippen LogP contribution is -2.52. The van der Waals surface area contributed by atoms with Gasteiger partial charge in [0.1, 0.15) is 12.4 Å². The number of amides is 3. The fourth-order valence-electron chi connectivity index (χ4n) is 6.13. The van der Waals surface area contributed by atoms with Gasteiger partial charge >= 0.3 is 18.1 Å². The summed E-state index contributed by atoms with van der Waals surface area (Å²) in [5, 5.41) is 2.72. The predicted molar refractivity (Wildman–Crippen MR) is 187 cm³/mol. The molecule has 1 N–H and O–H groups in total. The molecule has 0 radical (unpaired) electrons. The van der Waals surface area contributed by atoms with Crippen LogP contribution in [0.3, 0.4) is 0 Å². The number of carbonyl (C=O) groups is 5. The molecule has 1 aliphatic rings. The summed E-state index contributed by atoms with van der Waals surface area (Å²) < 4.78 is 56.1. The molecule has 14 heteroatoms. The first-order valence-corrected chi connectivity index (χ1v) is 16.3. The van der Waals surface area contributed by atoms with Crippen molar-refractivity contribution in [1.82, 2.24) is 9.80 Å². The fraction of sp³-hybridized carbons (Fsp3) is 0.256. The maximum absolute atomic E-state index is 13.8. The largest absolute Gasteiger partial charge is 0.496 e. The van der Waals surface area contributed by atoms with Crippen molar-refractivity contribution in [3.63, 3.8) is 0 Å². The second kappa shape index (κ2) is 15.2. The highest BCUT2D eigenvalue weighted by atomic mass is 19.4. The quantitative estimate of drug-likeness (QED) is 0.187. The molecule has 276 valence electrons. The van der Waals surface area contributed by atoms with Gasteiger partial charge in [-0.1, -0.05) is 42.5 Å². The number of carbonyl (C=O) groups excluding carboxylic acids is 5. The van der Waals surface area contributed by atoms with Crippen molar-refractivity contribution in [2.75, 3.05) is 46.8 Å². The maximum Gasteiger partial charge on any atom is 0.416 e. The molecular formula is C39H36F3N3O8. The first-order valence-electron chi connectivity index (χ1n) is 16.3. The number of fused-ring (bicyclic) bond motifs is 1. The number of likely N-dealkylation sites (N-methyl/N-ethyl adjacent to an activating group) is 1. The van der Waals surface area contributed by atoms with E-state index in [0.717, 1.165) is 12.1 Å². The second-order valence-corrected chi connectivity index (χ2v) is 12.3. The van der Waals surface area contributed by atoms with Crippen molar-refractivity contribution < 1.29 is 51.4 Å². The summed E-state index contributed by atoms with van der Waals surface area (Å²) in [7, 11) is 5.80. The standard InChI is InChI=1S/C39H36F3N3O8/c1-6-52-37(50)38(29-12-8-7-10-26(29)36(49)45(38)4)22-53-32(46)21-23-14-19-30(28(20-23)35(48)44(2)3)43-34(47)27-11-9-13-31(51-5)33(27)24-15-17-25(18-16-24)39(40,41)42/h7-20H,6,21-22H2,1-5H3,(H,43,47)/t38-/m0/s1. The first kappa shape index (κ1) is 38.1. The molecule has 0 aromatic heterocycles. The number of hydrogen-bond acceptors (Lipinski definition) is 8. The van der Waals surface area contributed by atoms with E-state index in [4.69, 9.17) is 14.2 Å². The van der Waals surface area contributed by atoms with E-state index in [1.165, 1.54) is 74.5 Å². The predicted octanol–water partition coefficient (Wildman–Crippen LogP) is 5.97. The average Bonchev–Trinajstić information content (AvgIpc) is 3.36. The molecule has 0 spiro atoms. The Hall–Kier alpha value is -6.18. The Morgan fingerprint density at radius 2 is 1.58 bits per heavy atom. The van der Waals surface area contributed by atoms with E-state index >= 15 is 0 Å². The van der Waals surface area contributed by atoms with Crippen LogP contribution in [0.15, 0.2) is 84.9 Å². The van der Waals surface area contributed by atoms with Crippen molar-refractivity contribution in [3.05, 3.63) is 118 Å². The summed E-state index contributed by atoms with van der Waals surface area (Å²) in [4.78, 5) is 69.2. The maximum atomic E-state index is 13.8. The molecule has 0 fully saturated rings. The minimum absolute atomic E-state index is 0.0263. The van der Waals surface area contributed by atoms with Crippen LogP contribution in [0.25, 0.3) is 11.1 Å². The van der Waals surface area contributed by atoms with Crippen molar-refractivity contribution >= 4 is 35.3 Å². The number of hydrogen-bond donors (Lipinski definition) is 1. The number of halogens is 3. The van der Waals surface area contributed by atoms with Crippen molar-refractivity contribution in [1.29, 1.82) is 0 Å². The summed E-state index contributed by atoms with van der Waals surface area (Å²) in [6, 6.07) is 19.7. The molecule has 0 saturated heterocycles. The van der Waals surface area contributed by atoms with Gasteiger partial charge in [-0.25, -0.2) is 4.79 Å². The number of alkyl halides is 3. The number of benzene rings is 4. The lowest BCUT2D eigenvalue weighted by atomic mass is 9.90. The molecule has 0 aliphatic carbocycles. The molecule has 0 saturated carbocycles. The molecule has 1 aliphatic heterocycles. The van der Waals surface area contributed by atoms with E-state index in [0.29, 0.717) is 16.7 Å². The molecule has 1 atom stereocenters. The van der Waals surface area contributed by atoms with Crippen molar-refractivity contribution in [2.24, 2.45) is 0 Å². The summed E-state index contributed by atoms with van der Waals surface area (Å²) in [5.74, 6) is -2.92. The zero-order valence-electron chi connectivity index (χ0n) is 29.5. The van der Waals surface area contributed by atoms with Crippen LogP contribution < -0.4 is 10.1 Å². The number of nitrogens with one attached hydrogen (secondary N) is 1. The third kappa shape index (κ3) is 7.43. The molecule has 3 amide bonds. The summed E-state index contributed by atoms with van der Waals surface area (Å²) >= 11 is 0. The fourth-order valence-corrected chi connectivity index (χ4v) is 6.13. The van der Waals surface area contributed by atoms with Gasteiger partial charge in [0.2, 0.25) is 5.54 Å². The normalized spacial score (nSPS) is 15.0. The van der Waals surface area contributed by atoms with Gasteiger partial charge in [0.05, 0.1) is 42.5 Å². The van der Waals surface area contributed by atoms with E-state index in [2.05, 4.69) is 5.32 Å². The molecule has 1 heterocycles. The Balaban J connectivity index is 1.41. The monoisotopic (exact) mass is 731 g/mol. The first-order chi connectivity index (χ1) is 25.1. The minimum atomic E-state index is -4.55. The topological polar surface area (TPSA) is 132 Å². The summed E-state index contributed by atoms with van der Waals surface area (Å²) in [6.45, 7) is 1.12. The number of anilines is 1. The van der Waals surface area contributed by atoms with Gasteiger partial charge in [-0.3, -0.25) is 19.2 Å². The van der Waals surface area contributed by atoms with E-state index in [1.807, 2.05) is 0 Å². The third-order valence-electron chi connectivity index (χ3n) is 8.84. The second-order valence-electron chi connectivity index (χ2n) is 12.3. The Bertz CT molecular complexity index is 2080. The highest BCUT2D eigenvalue weighted by molar-refractivity contribution is 6.12. The van der Waals surface area contributed by atoms with Crippen LogP contribution in [0.2, 0.25) is 0 Å². The Labute approximate surface area is 303 Å². The number of ether oxygens (including phenoxy) is 3. The smallest absolute Gasteiger partial charge is 0.416 e. The molecule has 11 nitrogen and oxygen atoms in total. The van der Waals surface area contributed by atoms with E-state index in [1.54, 1.807) is 43.3 Å². The molecular weight excluding hydrogens is 695 g/mol. The van der Waals surface area contributed by atoms with Crippen LogP contribution in [0.4, 0.5) is 18.9 Å². The number of rotatable bonds is 11. The molecule has 0 unspecified atom stereocenters. The van der Waals surface area contributed by atoms with Crippen molar-refractivity contribution in [2.45, 2.75) is 25.1 Å². The van der Waals surface area contributed by atoms with Gasteiger partial charge in [0, 0.05) is 37.8 Å². The van der Waals surface area contributed by atoms with Crippen LogP contribution in [0.1, 0.15) is 54.7 Å².